The molecule has 0 saturated carbocycles. The molecule has 0 radical (unpaired) electrons. The topological polar surface area (TPSA) is 81.0 Å². The zero-order valence-electron chi connectivity index (χ0n) is 11.5. The molecule has 2 aromatic heterocycles. The molecule has 22 heavy (non-hydrogen) atoms. The summed E-state index contributed by atoms with van der Waals surface area (Å²) in [5, 5.41) is 14.3. The number of nitrogens with one attached hydrogen (secondary N) is 1. The molecule has 2 heterocycles. The standard InChI is InChI=1S/C15H12N4O2S/c20-19(21)14-10-18-15(22-14)17-9-11-1-3-12(4-2-11)13-5-7-16-8-6-13/h1-8,10H,9H2,(H,17,18). The first-order valence-electron chi connectivity index (χ1n) is 6.56. The second kappa shape index (κ2) is 6.31. The van der Waals surface area contributed by atoms with Gasteiger partial charge in [0, 0.05) is 18.9 Å². The molecule has 110 valence electrons. The van der Waals surface area contributed by atoms with Crippen molar-refractivity contribution in [3.63, 3.8) is 0 Å². The summed E-state index contributed by atoms with van der Waals surface area (Å²) in [6.45, 7) is 0.571. The van der Waals surface area contributed by atoms with Crippen LogP contribution >= 0.6 is 11.3 Å². The van der Waals surface area contributed by atoms with E-state index in [0.29, 0.717) is 11.7 Å². The molecule has 0 spiro atoms. The molecule has 0 atom stereocenters. The van der Waals surface area contributed by atoms with Crippen LogP contribution in [0.1, 0.15) is 5.56 Å². The van der Waals surface area contributed by atoms with E-state index in [1.165, 1.54) is 6.20 Å². The van der Waals surface area contributed by atoms with Crippen molar-refractivity contribution < 1.29 is 4.92 Å². The van der Waals surface area contributed by atoms with Gasteiger partial charge in [-0.15, -0.1) is 0 Å². The number of benzene rings is 1. The smallest absolute Gasteiger partial charge is 0.345 e. The van der Waals surface area contributed by atoms with Crippen LogP contribution in [0.2, 0.25) is 0 Å². The molecule has 0 aliphatic rings. The Hall–Kier alpha value is -2.80. The minimum absolute atomic E-state index is 0.0375. The highest BCUT2D eigenvalue weighted by Gasteiger charge is 2.10. The first-order chi connectivity index (χ1) is 10.7. The average molecular weight is 312 g/mol. The van der Waals surface area contributed by atoms with Gasteiger partial charge in [-0.2, -0.15) is 0 Å². The highest BCUT2D eigenvalue weighted by atomic mass is 32.1. The number of hydrogen-bond acceptors (Lipinski definition) is 6. The van der Waals surface area contributed by atoms with Gasteiger partial charge >= 0.3 is 5.00 Å². The second-order valence-electron chi connectivity index (χ2n) is 4.55. The fraction of sp³-hybridized carbons (Fsp3) is 0.0667. The summed E-state index contributed by atoms with van der Waals surface area (Å²) >= 11 is 1.03. The molecular weight excluding hydrogens is 300 g/mol. The van der Waals surface area contributed by atoms with Crippen molar-refractivity contribution in [1.82, 2.24) is 9.97 Å². The molecule has 0 aliphatic carbocycles. The van der Waals surface area contributed by atoms with Crippen LogP contribution in [0.15, 0.2) is 55.0 Å². The van der Waals surface area contributed by atoms with Crippen LogP contribution in [0.25, 0.3) is 11.1 Å². The SMILES string of the molecule is O=[N+]([O-])c1cnc(NCc2ccc(-c3ccncc3)cc2)s1. The number of aromatic nitrogens is 2. The molecule has 0 unspecified atom stereocenters. The zero-order valence-corrected chi connectivity index (χ0v) is 12.3. The van der Waals surface area contributed by atoms with Crippen LogP contribution in [-0.4, -0.2) is 14.9 Å². The van der Waals surface area contributed by atoms with Gasteiger partial charge in [0.25, 0.3) is 0 Å². The van der Waals surface area contributed by atoms with Gasteiger partial charge in [-0.1, -0.05) is 24.3 Å². The fourth-order valence-electron chi connectivity index (χ4n) is 1.97. The van der Waals surface area contributed by atoms with Crippen LogP contribution in [-0.2, 0) is 6.54 Å². The van der Waals surface area contributed by atoms with E-state index in [1.54, 1.807) is 12.4 Å². The average Bonchev–Trinajstić information content (AvgIpc) is 3.04. The molecule has 0 amide bonds. The highest BCUT2D eigenvalue weighted by molar-refractivity contribution is 7.18. The maximum Gasteiger partial charge on any atom is 0.345 e. The molecule has 0 fully saturated rings. The van der Waals surface area contributed by atoms with Crippen molar-refractivity contribution in [2.45, 2.75) is 6.54 Å². The minimum atomic E-state index is -0.438. The summed E-state index contributed by atoms with van der Waals surface area (Å²) in [4.78, 5) is 18.1. The van der Waals surface area contributed by atoms with E-state index in [0.717, 1.165) is 28.0 Å². The lowest BCUT2D eigenvalue weighted by Crippen LogP contribution is -1.98. The van der Waals surface area contributed by atoms with Gasteiger partial charge in [-0.25, -0.2) is 4.98 Å². The molecule has 0 aliphatic heterocycles. The predicted molar refractivity (Wildman–Crippen MR) is 85.8 cm³/mol. The van der Waals surface area contributed by atoms with E-state index in [4.69, 9.17) is 0 Å². The zero-order chi connectivity index (χ0) is 15.4. The van der Waals surface area contributed by atoms with Gasteiger partial charge in [0.05, 0.1) is 4.92 Å². The Labute approximate surface area is 130 Å². The normalized spacial score (nSPS) is 10.4. The summed E-state index contributed by atoms with van der Waals surface area (Å²) in [6.07, 6.45) is 4.79. The Kier molecular flexibility index (Phi) is 4.06. The van der Waals surface area contributed by atoms with E-state index in [1.807, 2.05) is 36.4 Å². The molecule has 6 nitrogen and oxygen atoms in total. The number of nitro groups is 1. The quantitative estimate of drug-likeness (QED) is 0.573. The summed E-state index contributed by atoms with van der Waals surface area (Å²) < 4.78 is 0. The van der Waals surface area contributed by atoms with Gasteiger partial charge < -0.3 is 5.32 Å². The van der Waals surface area contributed by atoms with Gasteiger partial charge in [-0.05, 0) is 40.2 Å². The third-order valence-electron chi connectivity index (χ3n) is 3.08. The lowest BCUT2D eigenvalue weighted by Gasteiger charge is -2.05. The van der Waals surface area contributed by atoms with Crippen LogP contribution in [0.5, 0.6) is 0 Å². The lowest BCUT2D eigenvalue weighted by molar-refractivity contribution is -0.380. The second-order valence-corrected chi connectivity index (χ2v) is 5.56. The molecular formula is C15H12N4O2S. The van der Waals surface area contributed by atoms with Gasteiger partial charge in [0.15, 0.2) is 5.13 Å². The number of thiazole rings is 1. The summed E-state index contributed by atoms with van der Waals surface area (Å²) in [7, 11) is 0. The Balaban J connectivity index is 1.65. The third kappa shape index (κ3) is 3.26. The van der Waals surface area contributed by atoms with Crippen LogP contribution in [0.4, 0.5) is 10.1 Å². The first kappa shape index (κ1) is 14.2. The van der Waals surface area contributed by atoms with E-state index < -0.39 is 4.92 Å². The van der Waals surface area contributed by atoms with Crippen molar-refractivity contribution in [3.05, 3.63) is 70.7 Å². The summed E-state index contributed by atoms with van der Waals surface area (Å²) in [5.41, 5.74) is 3.32. The molecule has 0 bridgehead atoms. The van der Waals surface area contributed by atoms with Gasteiger partial charge in [0.1, 0.15) is 6.20 Å². The monoisotopic (exact) mass is 312 g/mol. The van der Waals surface area contributed by atoms with Crippen molar-refractivity contribution >= 4 is 21.5 Å². The fourth-order valence-corrected chi connectivity index (χ4v) is 2.60. The number of rotatable bonds is 5. The Morgan fingerprint density at radius 3 is 2.41 bits per heavy atom. The Morgan fingerprint density at radius 1 is 1.09 bits per heavy atom. The van der Waals surface area contributed by atoms with E-state index in [2.05, 4.69) is 15.3 Å². The van der Waals surface area contributed by atoms with E-state index in [-0.39, 0.29) is 5.00 Å². The molecule has 1 N–H and O–H groups in total. The van der Waals surface area contributed by atoms with Crippen molar-refractivity contribution in [1.29, 1.82) is 0 Å². The number of anilines is 1. The Bertz CT molecular complexity index is 772. The summed E-state index contributed by atoms with van der Waals surface area (Å²) in [6, 6.07) is 12.0. The number of nitrogens with zero attached hydrogens (tertiary/aromatic N) is 3. The van der Waals surface area contributed by atoms with Crippen molar-refractivity contribution in [2.75, 3.05) is 5.32 Å². The largest absolute Gasteiger partial charge is 0.357 e. The van der Waals surface area contributed by atoms with Crippen molar-refractivity contribution in [3.8, 4) is 11.1 Å². The molecule has 3 rings (SSSR count). The van der Waals surface area contributed by atoms with Crippen LogP contribution < -0.4 is 5.32 Å². The Morgan fingerprint density at radius 2 is 1.77 bits per heavy atom. The van der Waals surface area contributed by atoms with Crippen molar-refractivity contribution in [2.24, 2.45) is 0 Å². The van der Waals surface area contributed by atoms with E-state index >= 15 is 0 Å². The maximum atomic E-state index is 10.6. The van der Waals surface area contributed by atoms with Crippen LogP contribution in [0, 0.1) is 10.1 Å². The third-order valence-corrected chi connectivity index (χ3v) is 3.99. The molecule has 3 aromatic rings. The van der Waals surface area contributed by atoms with Gasteiger partial charge in [0.2, 0.25) is 0 Å². The number of hydrogen-bond donors (Lipinski definition) is 1. The van der Waals surface area contributed by atoms with E-state index in [9.17, 15) is 10.1 Å². The molecule has 0 saturated heterocycles. The molecule has 7 heteroatoms. The number of pyridine rings is 1. The van der Waals surface area contributed by atoms with Gasteiger partial charge in [-0.3, -0.25) is 15.1 Å². The summed E-state index contributed by atoms with van der Waals surface area (Å²) in [5.74, 6) is 0. The minimum Gasteiger partial charge on any atom is -0.357 e. The molecule has 1 aromatic carbocycles. The lowest BCUT2D eigenvalue weighted by atomic mass is 10.1. The highest BCUT2D eigenvalue weighted by Crippen LogP contribution is 2.25. The first-order valence-corrected chi connectivity index (χ1v) is 7.37. The maximum absolute atomic E-state index is 10.6. The van der Waals surface area contributed by atoms with Crippen LogP contribution in [0.3, 0.4) is 0 Å². The predicted octanol–water partition coefficient (Wildman–Crippen LogP) is 3.73.